The predicted molar refractivity (Wildman–Crippen MR) is 68.8 cm³/mol. The molecule has 3 nitrogen and oxygen atoms in total. The van der Waals surface area contributed by atoms with Gasteiger partial charge in [-0.1, -0.05) is 6.07 Å². The molecule has 1 atom stereocenters. The molecule has 0 aliphatic heterocycles. The second-order valence-corrected chi connectivity index (χ2v) is 5.02. The van der Waals surface area contributed by atoms with Gasteiger partial charge < -0.3 is 10.6 Å². The van der Waals surface area contributed by atoms with E-state index in [0.29, 0.717) is 18.0 Å². The maximum Gasteiger partial charge on any atom is 0.254 e. The van der Waals surface area contributed by atoms with Crippen molar-refractivity contribution in [1.82, 2.24) is 4.90 Å². The Morgan fingerprint density at radius 2 is 2.22 bits per heavy atom. The fraction of sp³-hybridized carbons (Fsp3) is 0.500. The Bertz CT molecular complexity index is 457. The number of hydrogen-bond acceptors (Lipinski definition) is 2. The normalized spacial score (nSPS) is 16.4. The summed E-state index contributed by atoms with van der Waals surface area (Å²) in [7, 11) is 1.75. The molecular formula is C14H19FN2O. The summed E-state index contributed by atoms with van der Waals surface area (Å²) >= 11 is 0. The van der Waals surface area contributed by atoms with Gasteiger partial charge in [0, 0.05) is 25.2 Å². The van der Waals surface area contributed by atoms with Crippen molar-refractivity contribution in [2.24, 2.45) is 11.7 Å². The Hall–Kier alpha value is -1.42. The highest BCUT2D eigenvalue weighted by Gasteiger charge is 2.35. The van der Waals surface area contributed by atoms with Crippen LogP contribution in [0.2, 0.25) is 0 Å². The lowest BCUT2D eigenvalue weighted by Gasteiger charge is -2.27. The number of likely N-dealkylation sites (N-methyl/N-ethyl adjacent to an activating group) is 1. The molecule has 1 unspecified atom stereocenters. The Morgan fingerprint density at radius 1 is 1.56 bits per heavy atom. The number of halogens is 1. The van der Waals surface area contributed by atoms with Gasteiger partial charge in [-0.15, -0.1) is 0 Å². The van der Waals surface area contributed by atoms with Crippen molar-refractivity contribution in [3.63, 3.8) is 0 Å². The van der Waals surface area contributed by atoms with Crippen LogP contribution in [-0.4, -0.2) is 30.4 Å². The van der Waals surface area contributed by atoms with Gasteiger partial charge in [0.05, 0.1) is 0 Å². The van der Waals surface area contributed by atoms with Crippen LogP contribution in [0.15, 0.2) is 18.2 Å². The van der Waals surface area contributed by atoms with E-state index in [2.05, 4.69) is 0 Å². The molecule has 0 bridgehead atoms. The minimum absolute atomic E-state index is 0.0696. The van der Waals surface area contributed by atoms with Gasteiger partial charge in [0.2, 0.25) is 0 Å². The number of nitrogens with two attached hydrogens (primary N) is 1. The van der Waals surface area contributed by atoms with Crippen LogP contribution < -0.4 is 5.73 Å². The van der Waals surface area contributed by atoms with Crippen LogP contribution in [0.4, 0.5) is 4.39 Å². The van der Waals surface area contributed by atoms with E-state index in [1.54, 1.807) is 18.0 Å². The van der Waals surface area contributed by atoms with Crippen LogP contribution in [0, 0.1) is 18.7 Å². The van der Waals surface area contributed by atoms with Crippen molar-refractivity contribution in [2.75, 3.05) is 13.6 Å². The van der Waals surface area contributed by atoms with Crippen molar-refractivity contribution in [1.29, 1.82) is 0 Å². The van der Waals surface area contributed by atoms with E-state index in [-0.39, 0.29) is 17.8 Å². The summed E-state index contributed by atoms with van der Waals surface area (Å²) < 4.78 is 13.2. The van der Waals surface area contributed by atoms with Crippen molar-refractivity contribution < 1.29 is 9.18 Å². The molecule has 2 N–H and O–H groups in total. The SMILES string of the molecule is Cc1ccc(F)cc1C(=O)N(C)C(CN)C1CC1. The lowest BCUT2D eigenvalue weighted by atomic mass is 10.1. The van der Waals surface area contributed by atoms with E-state index in [4.69, 9.17) is 5.73 Å². The number of benzene rings is 1. The topological polar surface area (TPSA) is 46.3 Å². The molecule has 1 amide bonds. The van der Waals surface area contributed by atoms with Crippen molar-refractivity contribution in [3.05, 3.63) is 35.1 Å². The highest BCUT2D eigenvalue weighted by molar-refractivity contribution is 5.95. The molecule has 0 aromatic heterocycles. The maximum atomic E-state index is 13.2. The molecule has 98 valence electrons. The molecule has 0 saturated heterocycles. The molecule has 1 aromatic carbocycles. The third-order valence-electron chi connectivity index (χ3n) is 3.66. The van der Waals surface area contributed by atoms with Crippen molar-refractivity contribution in [2.45, 2.75) is 25.8 Å². The molecule has 0 radical (unpaired) electrons. The minimum atomic E-state index is -0.381. The van der Waals surface area contributed by atoms with Crippen LogP contribution in [0.5, 0.6) is 0 Å². The molecule has 2 rings (SSSR count). The summed E-state index contributed by atoms with van der Waals surface area (Å²) in [6, 6.07) is 4.37. The van der Waals surface area contributed by atoms with Crippen LogP contribution in [0.3, 0.4) is 0 Å². The second-order valence-electron chi connectivity index (χ2n) is 5.02. The fourth-order valence-corrected chi connectivity index (χ4v) is 2.31. The summed E-state index contributed by atoms with van der Waals surface area (Å²) in [5.41, 5.74) is 6.95. The van der Waals surface area contributed by atoms with Crippen LogP contribution in [-0.2, 0) is 0 Å². The number of amides is 1. The van der Waals surface area contributed by atoms with Gasteiger partial charge >= 0.3 is 0 Å². The zero-order valence-corrected chi connectivity index (χ0v) is 10.8. The van der Waals surface area contributed by atoms with Gasteiger partial charge in [0.25, 0.3) is 5.91 Å². The maximum absolute atomic E-state index is 13.2. The van der Waals surface area contributed by atoms with Crippen LogP contribution in [0.25, 0.3) is 0 Å². The van der Waals surface area contributed by atoms with Gasteiger partial charge in [-0.05, 0) is 43.4 Å². The third kappa shape index (κ3) is 2.53. The summed E-state index contributed by atoms with van der Waals surface area (Å²) in [6.45, 7) is 2.27. The minimum Gasteiger partial charge on any atom is -0.337 e. The standard InChI is InChI=1S/C14H19FN2O/c1-9-3-6-11(15)7-12(9)14(18)17(2)13(8-16)10-4-5-10/h3,6-7,10,13H,4-5,8,16H2,1-2H3. The molecule has 1 aliphatic carbocycles. The highest BCUT2D eigenvalue weighted by Crippen LogP contribution is 2.35. The lowest BCUT2D eigenvalue weighted by Crippen LogP contribution is -2.43. The van der Waals surface area contributed by atoms with Gasteiger partial charge in [-0.2, -0.15) is 0 Å². The average Bonchev–Trinajstić information content (AvgIpc) is 3.16. The molecule has 4 heteroatoms. The molecule has 0 heterocycles. The third-order valence-corrected chi connectivity index (χ3v) is 3.66. The van der Waals surface area contributed by atoms with E-state index in [1.807, 2.05) is 6.92 Å². The molecule has 0 spiro atoms. The number of hydrogen-bond donors (Lipinski definition) is 1. The van der Waals surface area contributed by atoms with E-state index in [0.717, 1.165) is 18.4 Å². The van der Waals surface area contributed by atoms with Gasteiger partial charge in [0.1, 0.15) is 5.82 Å². The fourth-order valence-electron chi connectivity index (χ4n) is 2.31. The molecule has 1 aliphatic rings. The smallest absolute Gasteiger partial charge is 0.254 e. The monoisotopic (exact) mass is 250 g/mol. The molecular weight excluding hydrogens is 231 g/mol. The summed E-state index contributed by atoms with van der Waals surface area (Å²) in [5, 5.41) is 0. The summed E-state index contributed by atoms with van der Waals surface area (Å²) in [4.78, 5) is 14.0. The highest BCUT2D eigenvalue weighted by atomic mass is 19.1. The molecule has 1 fully saturated rings. The Labute approximate surface area is 107 Å². The first kappa shape index (κ1) is 13.0. The largest absolute Gasteiger partial charge is 0.337 e. The number of rotatable bonds is 4. The molecule has 1 aromatic rings. The number of carbonyl (C=O) groups excluding carboxylic acids is 1. The Kier molecular flexibility index (Phi) is 3.66. The quantitative estimate of drug-likeness (QED) is 0.887. The predicted octanol–water partition coefficient (Wildman–Crippen LogP) is 1.94. The Balaban J connectivity index is 2.21. The van der Waals surface area contributed by atoms with Crippen molar-refractivity contribution in [3.8, 4) is 0 Å². The zero-order valence-electron chi connectivity index (χ0n) is 10.8. The zero-order chi connectivity index (χ0) is 13.3. The van der Waals surface area contributed by atoms with E-state index < -0.39 is 0 Å². The summed E-state index contributed by atoms with van der Waals surface area (Å²) in [6.07, 6.45) is 2.25. The number of carbonyl (C=O) groups is 1. The first-order valence-corrected chi connectivity index (χ1v) is 6.28. The molecule has 18 heavy (non-hydrogen) atoms. The summed E-state index contributed by atoms with van der Waals surface area (Å²) in [5.74, 6) is -0.0137. The van der Waals surface area contributed by atoms with Crippen molar-refractivity contribution >= 4 is 5.91 Å². The van der Waals surface area contributed by atoms with E-state index in [9.17, 15) is 9.18 Å². The van der Waals surface area contributed by atoms with E-state index >= 15 is 0 Å². The van der Waals surface area contributed by atoms with Gasteiger partial charge in [0.15, 0.2) is 0 Å². The average molecular weight is 250 g/mol. The van der Waals surface area contributed by atoms with Gasteiger partial charge in [-0.25, -0.2) is 4.39 Å². The first-order valence-electron chi connectivity index (χ1n) is 6.28. The Morgan fingerprint density at radius 3 is 2.78 bits per heavy atom. The van der Waals surface area contributed by atoms with E-state index in [1.165, 1.54) is 12.1 Å². The molecule has 1 saturated carbocycles. The second kappa shape index (κ2) is 5.06. The van der Waals surface area contributed by atoms with Gasteiger partial charge in [-0.3, -0.25) is 4.79 Å². The number of aryl methyl sites for hydroxylation is 1. The lowest BCUT2D eigenvalue weighted by molar-refractivity contribution is 0.0717. The van der Waals surface area contributed by atoms with Crippen LogP contribution in [0.1, 0.15) is 28.8 Å². The first-order chi connectivity index (χ1) is 8.54. The number of nitrogens with zero attached hydrogens (tertiary/aromatic N) is 1. The van der Waals surface area contributed by atoms with Crippen LogP contribution >= 0.6 is 0 Å².